The molecule has 7 heteroatoms. The van der Waals surface area contributed by atoms with Gasteiger partial charge in [-0.1, -0.05) is 6.07 Å². The number of carbonyl (C=O) groups is 1. The van der Waals surface area contributed by atoms with Crippen LogP contribution in [0.25, 0.3) is 0 Å². The first-order valence-electron chi connectivity index (χ1n) is 7.62. The molecule has 2 rings (SSSR count). The quantitative estimate of drug-likeness (QED) is 0.777. The average molecular weight is 347 g/mol. The SMILES string of the molecule is COC(=O)C[C@H](c1ccc(OC)c(OC)c1)c1c(O)cc(C)[nH]c1=O. The van der Waals surface area contributed by atoms with Gasteiger partial charge in [-0.25, -0.2) is 0 Å². The van der Waals surface area contributed by atoms with E-state index in [2.05, 4.69) is 4.98 Å². The summed E-state index contributed by atoms with van der Waals surface area (Å²) in [5, 5.41) is 10.3. The van der Waals surface area contributed by atoms with Crippen molar-refractivity contribution in [3.8, 4) is 17.2 Å². The maximum atomic E-state index is 12.4. The van der Waals surface area contributed by atoms with E-state index >= 15 is 0 Å². The Morgan fingerprint density at radius 1 is 1.16 bits per heavy atom. The lowest BCUT2D eigenvalue weighted by molar-refractivity contribution is -0.140. The molecule has 1 heterocycles. The Morgan fingerprint density at radius 3 is 2.40 bits per heavy atom. The van der Waals surface area contributed by atoms with Crippen molar-refractivity contribution < 1.29 is 24.1 Å². The molecule has 0 saturated heterocycles. The topological polar surface area (TPSA) is 97.8 Å². The summed E-state index contributed by atoms with van der Waals surface area (Å²) in [7, 11) is 4.28. The summed E-state index contributed by atoms with van der Waals surface area (Å²) in [6.45, 7) is 1.66. The fourth-order valence-electron chi connectivity index (χ4n) is 2.72. The molecule has 0 unspecified atom stereocenters. The molecular weight excluding hydrogens is 326 g/mol. The molecule has 0 aliphatic carbocycles. The number of pyridine rings is 1. The van der Waals surface area contributed by atoms with E-state index < -0.39 is 17.4 Å². The number of aromatic amines is 1. The smallest absolute Gasteiger partial charge is 0.306 e. The van der Waals surface area contributed by atoms with Gasteiger partial charge in [-0.2, -0.15) is 0 Å². The van der Waals surface area contributed by atoms with Crippen LogP contribution in [0.5, 0.6) is 17.2 Å². The Morgan fingerprint density at radius 2 is 1.84 bits per heavy atom. The van der Waals surface area contributed by atoms with Crippen molar-refractivity contribution in [1.82, 2.24) is 4.98 Å². The first kappa shape index (κ1) is 18.4. The van der Waals surface area contributed by atoms with Gasteiger partial charge < -0.3 is 24.3 Å². The summed E-state index contributed by atoms with van der Waals surface area (Å²) in [5.41, 5.74) is 0.785. The first-order chi connectivity index (χ1) is 11.9. The van der Waals surface area contributed by atoms with Crippen molar-refractivity contribution in [2.75, 3.05) is 21.3 Å². The summed E-state index contributed by atoms with van der Waals surface area (Å²) in [4.78, 5) is 26.9. The standard InChI is InChI=1S/C18H21NO6/c1-10-7-13(20)17(18(22)19-10)12(9-16(21)25-4)11-5-6-14(23-2)15(8-11)24-3/h5-8,12H,9H2,1-4H3,(H2,19,20,22)/t12-/m1/s1. The van der Waals surface area contributed by atoms with Crippen molar-refractivity contribution in [3.63, 3.8) is 0 Å². The van der Waals surface area contributed by atoms with Crippen molar-refractivity contribution in [1.29, 1.82) is 0 Å². The normalized spacial score (nSPS) is 11.7. The van der Waals surface area contributed by atoms with Gasteiger partial charge in [0.25, 0.3) is 5.56 Å². The van der Waals surface area contributed by atoms with Gasteiger partial charge in [0.05, 0.1) is 33.3 Å². The zero-order valence-electron chi connectivity index (χ0n) is 14.6. The van der Waals surface area contributed by atoms with Gasteiger partial charge in [-0.05, 0) is 30.7 Å². The number of hydrogen-bond acceptors (Lipinski definition) is 6. The number of methoxy groups -OCH3 is 3. The second-order valence-electron chi connectivity index (χ2n) is 5.53. The maximum Gasteiger partial charge on any atom is 0.306 e. The van der Waals surface area contributed by atoms with Crippen LogP contribution in [0.3, 0.4) is 0 Å². The number of aryl methyl sites for hydroxylation is 1. The van der Waals surface area contributed by atoms with Gasteiger partial charge in [-0.3, -0.25) is 9.59 Å². The van der Waals surface area contributed by atoms with E-state index in [1.165, 1.54) is 27.4 Å². The summed E-state index contributed by atoms with van der Waals surface area (Å²) >= 11 is 0. The van der Waals surface area contributed by atoms with Gasteiger partial charge in [0.2, 0.25) is 0 Å². The number of H-pyrrole nitrogens is 1. The van der Waals surface area contributed by atoms with E-state index in [0.717, 1.165) is 0 Å². The number of aromatic hydroxyl groups is 1. The van der Waals surface area contributed by atoms with Crippen molar-refractivity contribution >= 4 is 5.97 Å². The van der Waals surface area contributed by atoms with Crippen molar-refractivity contribution in [2.24, 2.45) is 0 Å². The van der Waals surface area contributed by atoms with E-state index in [4.69, 9.17) is 14.2 Å². The monoisotopic (exact) mass is 347 g/mol. The van der Waals surface area contributed by atoms with E-state index in [1.807, 2.05) is 0 Å². The maximum absolute atomic E-state index is 12.4. The van der Waals surface area contributed by atoms with E-state index in [1.54, 1.807) is 25.1 Å². The minimum absolute atomic E-state index is 0.100. The average Bonchev–Trinajstić information content (AvgIpc) is 2.59. The summed E-state index contributed by atoms with van der Waals surface area (Å²) in [6.07, 6.45) is -0.105. The minimum atomic E-state index is -0.698. The van der Waals surface area contributed by atoms with Gasteiger partial charge >= 0.3 is 5.97 Å². The molecule has 7 nitrogen and oxygen atoms in total. The predicted molar refractivity (Wildman–Crippen MR) is 91.5 cm³/mol. The molecule has 0 fully saturated rings. The Balaban J connectivity index is 2.62. The molecule has 134 valence electrons. The molecule has 1 aromatic heterocycles. The molecular formula is C18H21NO6. The highest BCUT2D eigenvalue weighted by Gasteiger charge is 2.26. The van der Waals surface area contributed by atoms with E-state index in [9.17, 15) is 14.7 Å². The third-order valence-corrected chi connectivity index (χ3v) is 3.94. The number of nitrogens with one attached hydrogen (secondary N) is 1. The second kappa shape index (κ2) is 7.74. The number of carbonyl (C=O) groups excluding carboxylic acids is 1. The summed E-state index contributed by atoms with van der Waals surface area (Å²) < 4.78 is 15.2. The van der Waals surface area contributed by atoms with Crippen LogP contribution in [0.4, 0.5) is 0 Å². The zero-order chi connectivity index (χ0) is 18.6. The zero-order valence-corrected chi connectivity index (χ0v) is 14.6. The molecule has 0 spiro atoms. The summed E-state index contributed by atoms with van der Waals surface area (Å²) in [5.74, 6) is -0.399. The van der Waals surface area contributed by atoms with Crippen LogP contribution in [-0.2, 0) is 9.53 Å². The molecule has 25 heavy (non-hydrogen) atoms. The van der Waals surface area contributed by atoms with E-state index in [-0.39, 0.29) is 17.7 Å². The number of benzene rings is 1. The molecule has 0 radical (unpaired) electrons. The Kier molecular flexibility index (Phi) is 5.69. The van der Waals surface area contributed by atoms with Crippen LogP contribution in [0, 0.1) is 6.92 Å². The highest BCUT2D eigenvalue weighted by atomic mass is 16.5. The Bertz CT molecular complexity index is 827. The van der Waals surface area contributed by atoms with Gasteiger partial charge in [0.1, 0.15) is 5.75 Å². The minimum Gasteiger partial charge on any atom is -0.507 e. The highest BCUT2D eigenvalue weighted by Crippen LogP contribution is 2.36. The van der Waals surface area contributed by atoms with Crippen LogP contribution >= 0.6 is 0 Å². The molecule has 0 amide bonds. The van der Waals surface area contributed by atoms with Crippen LogP contribution < -0.4 is 15.0 Å². The van der Waals surface area contributed by atoms with Crippen LogP contribution in [0.15, 0.2) is 29.1 Å². The van der Waals surface area contributed by atoms with Crippen molar-refractivity contribution in [2.45, 2.75) is 19.3 Å². The van der Waals surface area contributed by atoms with Gasteiger partial charge in [0, 0.05) is 11.6 Å². The first-order valence-corrected chi connectivity index (χ1v) is 7.62. The number of hydrogen-bond donors (Lipinski definition) is 2. The van der Waals surface area contributed by atoms with E-state index in [0.29, 0.717) is 22.8 Å². The predicted octanol–water partition coefficient (Wildman–Crippen LogP) is 2.10. The van der Waals surface area contributed by atoms with Crippen LogP contribution in [0.1, 0.15) is 29.2 Å². The molecule has 1 atom stereocenters. The fourth-order valence-corrected chi connectivity index (χ4v) is 2.72. The molecule has 0 saturated carbocycles. The molecule has 0 aliphatic heterocycles. The Labute approximate surface area is 145 Å². The highest BCUT2D eigenvalue weighted by molar-refractivity contribution is 5.71. The van der Waals surface area contributed by atoms with Gasteiger partial charge in [0.15, 0.2) is 11.5 Å². The Hall–Kier alpha value is -2.96. The third kappa shape index (κ3) is 3.93. The lowest BCUT2D eigenvalue weighted by atomic mass is 9.88. The van der Waals surface area contributed by atoms with Crippen LogP contribution in [0.2, 0.25) is 0 Å². The summed E-state index contributed by atoms with van der Waals surface area (Å²) in [6, 6.07) is 6.51. The van der Waals surface area contributed by atoms with Crippen LogP contribution in [-0.4, -0.2) is 37.4 Å². The lowest BCUT2D eigenvalue weighted by Crippen LogP contribution is -2.21. The molecule has 1 aromatic carbocycles. The molecule has 0 bridgehead atoms. The third-order valence-electron chi connectivity index (χ3n) is 3.94. The van der Waals surface area contributed by atoms with Gasteiger partial charge in [-0.15, -0.1) is 0 Å². The second-order valence-corrected chi connectivity index (χ2v) is 5.53. The molecule has 2 aromatic rings. The number of ether oxygens (including phenoxy) is 3. The number of esters is 1. The van der Waals surface area contributed by atoms with Crippen molar-refractivity contribution in [3.05, 3.63) is 51.4 Å². The number of aromatic nitrogens is 1. The molecule has 2 N–H and O–H groups in total. The molecule has 0 aliphatic rings. The fraction of sp³-hybridized carbons (Fsp3) is 0.333. The lowest BCUT2D eigenvalue weighted by Gasteiger charge is -2.19. The number of rotatable bonds is 6. The largest absolute Gasteiger partial charge is 0.507 e.